The first-order chi connectivity index (χ1) is 8.88. The Morgan fingerprint density at radius 2 is 2.11 bits per heavy atom. The SMILES string of the molecule is CS(=O)CCCNC(=O)N1CCCCC1(C)C(=O)O. The summed E-state index contributed by atoms with van der Waals surface area (Å²) in [6.07, 6.45) is 4.38. The van der Waals surface area contributed by atoms with Gasteiger partial charge in [0.1, 0.15) is 5.54 Å². The van der Waals surface area contributed by atoms with Crippen LogP contribution in [0.1, 0.15) is 32.6 Å². The van der Waals surface area contributed by atoms with Crippen LogP contribution in [0.3, 0.4) is 0 Å². The van der Waals surface area contributed by atoms with Crippen LogP contribution in [0.4, 0.5) is 4.79 Å². The first kappa shape index (κ1) is 15.9. The van der Waals surface area contributed by atoms with Crippen LogP contribution in [0.5, 0.6) is 0 Å². The molecule has 1 aliphatic heterocycles. The zero-order valence-corrected chi connectivity index (χ0v) is 12.3. The fraction of sp³-hybridized carbons (Fsp3) is 0.833. The highest BCUT2D eigenvalue weighted by molar-refractivity contribution is 7.84. The molecular weight excluding hydrogens is 268 g/mol. The smallest absolute Gasteiger partial charge is 0.329 e. The fourth-order valence-electron chi connectivity index (χ4n) is 2.24. The van der Waals surface area contributed by atoms with E-state index in [4.69, 9.17) is 0 Å². The molecule has 1 heterocycles. The Bertz CT molecular complexity index is 375. The van der Waals surface area contributed by atoms with E-state index in [1.54, 1.807) is 13.2 Å². The van der Waals surface area contributed by atoms with Crippen molar-refractivity contribution in [2.24, 2.45) is 0 Å². The van der Waals surface area contributed by atoms with Gasteiger partial charge in [-0.25, -0.2) is 9.59 Å². The molecule has 2 atom stereocenters. The van der Waals surface area contributed by atoms with Gasteiger partial charge in [0.25, 0.3) is 0 Å². The Hall–Kier alpha value is -1.11. The number of likely N-dealkylation sites (tertiary alicyclic amines) is 1. The van der Waals surface area contributed by atoms with Gasteiger partial charge >= 0.3 is 12.0 Å². The molecule has 7 heteroatoms. The number of piperidine rings is 1. The van der Waals surface area contributed by atoms with E-state index >= 15 is 0 Å². The van der Waals surface area contributed by atoms with Crippen LogP contribution in [-0.4, -0.2) is 56.9 Å². The Labute approximate surface area is 116 Å². The van der Waals surface area contributed by atoms with Crippen LogP contribution in [0.15, 0.2) is 0 Å². The van der Waals surface area contributed by atoms with Gasteiger partial charge in [-0.05, 0) is 32.6 Å². The molecule has 0 spiro atoms. The van der Waals surface area contributed by atoms with Crippen LogP contribution in [0.2, 0.25) is 0 Å². The zero-order valence-electron chi connectivity index (χ0n) is 11.5. The second-order valence-electron chi connectivity index (χ2n) is 5.05. The maximum Gasteiger partial charge on any atom is 0.329 e. The van der Waals surface area contributed by atoms with Crippen molar-refractivity contribution in [3.05, 3.63) is 0 Å². The number of rotatable bonds is 5. The van der Waals surface area contributed by atoms with Gasteiger partial charge in [-0.2, -0.15) is 0 Å². The zero-order chi connectivity index (χ0) is 14.5. The molecule has 0 aliphatic carbocycles. The van der Waals surface area contributed by atoms with Gasteiger partial charge < -0.3 is 15.3 Å². The number of carboxylic acids is 1. The van der Waals surface area contributed by atoms with Crippen molar-refractivity contribution in [3.8, 4) is 0 Å². The summed E-state index contributed by atoms with van der Waals surface area (Å²) in [7, 11) is -0.867. The van der Waals surface area contributed by atoms with Crippen molar-refractivity contribution in [1.82, 2.24) is 10.2 Å². The first-order valence-corrected chi connectivity index (χ1v) is 8.19. The number of amides is 2. The Kier molecular flexibility index (Phi) is 5.78. The monoisotopic (exact) mass is 290 g/mol. The van der Waals surface area contributed by atoms with Gasteiger partial charge in [-0.15, -0.1) is 0 Å². The van der Waals surface area contributed by atoms with Crippen LogP contribution in [0.25, 0.3) is 0 Å². The van der Waals surface area contributed by atoms with E-state index in [-0.39, 0.29) is 6.03 Å². The number of hydrogen-bond donors (Lipinski definition) is 2. The van der Waals surface area contributed by atoms with E-state index in [1.807, 2.05) is 0 Å². The average molecular weight is 290 g/mol. The number of carbonyl (C=O) groups is 2. The predicted molar refractivity (Wildman–Crippen MR) is 73.5 cm³/mol. The largest absolute Gasteiger partial charge is 0.480 e. The Morgan fingerprint density at radius 3 is 2.68 bits per heavy atom. The fourth-order valence-corrected chi connectivity index (χ4v) is 2.79. The minimum absolute atomic E-state index is 0.341. The van der Waals surface area contributed by atoms with Crippen molar-refractivity contribution < 1.29 is 18.9 Å². The summed E-state index contributed by atoms with van der Waals surface area (Å²) in [5, 5.41) is 12.0. The molecule has 0 aromatic heterocycles. The lowest BCUT2D eigenvalue weighted by molar-refractivity contribution is -0.150. The van der Waals surface area contributed by atoms with Gasteiger partial charge in [-0.1, -0.05) is 0 Å². The Balaban J connectivity index is 2.53. The normalized spacial score (nSPS) is 24.8. The molecular formula is C12H22N2O4S. The summed E-state index contributed by atoms with van der Waals surface area (Å²) in [6, 6.07) is -0.341. The molecule has 0 bridgehead atoms. The first-order valence-electron chi connectivity index (χ1n) is 6.47. The lowest BCUT2D eigenvalue weighted by Gasteiger charge is -2.41. The minimum Gasteiger partial charge on any atom is -0.480 e. The van der Waals surface area contributed by atoms with Crippen molar-refractivity contribution in [2.75, 3.05) is 25.1 Å². The summed E-state index contributed by atoms with van der Waals surface area (Å²) in [6.45, 7) is 2.48. The number of carboxylic acid groups (broad SMARTS) is 1. The number of aliphatic carboxylic acids is 1. The molecule has 0 aromatic carbocycles. The molecule has 1 aliphatic rings. The van der Waals surface area contributed by atoms with E-state index in [0.29, 0.717) is 31.7 Å². The van der Waals surface area contributed by atoms with E-state index < -0.39 is 22.3 Å². The third-order valence-corrected chi connectivity index (χ3v) is 4.35. The van der Waals surface area contributed by atoms with Crippen LogP contribution in [0, 0.1) is 0 Å². The van der Waals surface area contributed by atoms with E-state index in [0.717, 1.165) is 12.8 Å². The maximum absolute atomic E-state index is 12.0. The molecule has 2 amide bonds. The summed E-state index contributed by atoms with van der Waals surface area (Å²) in [5.41, 5.74) is -1.12. The van der Waals surface area contributed by atoms with Crippen molar-refractivity contribution in [1.29, 1.82) is 0 Å². The van der Waals surface area contributed by atoms with Crippen LogP contribution >= 0.6 is 0 Å². The third-order valence-electron chi connectivity index (χ3n) is 3.48. The molecule has 0 radical (unpaired) electrons. The molecule has 1 saturated heterocycles. The summed E-state index contributed by atoms with van der Waals surface area (Å²) in [5.74, 6) is -0.423. The second-order valence-corrected chi connectivity index (χ2v) is 6.61. The third kappa shape index (κ3) is 4.19. The number of nitrogens with one attached hydrogen (secondary N) is 1. The van der Waals surface area contributed by atoms with Crippen LogP contribution < -0.4 is 5.32 Å². The highest BCUT2D eigenvalue weighted by Crippen LogP contribution is 2.28. The number of urea groups is 1. The van der Waals surface area contributed by atoms with E-state index in [9.17, 15) is 18.9 Å². The van der Waals surface area contributed by atoms with E-state index in [2.05, 4.69) is 5.32 Å². The molecule has 19 heavy (non-hydrogen) atoms. The minimum atomic E-state index is -1.12. The van der Waals surface area contributed by atoms with Gasteiger partial charge in [0.15, 0.2) is 0 Å². The van der Waals surface area contributed by atoms with Gasteiger partial charge in [-0.3, -0.25) is 4.21 Å². The molecule has 1 fully saturated rings. The predicted octanol–water partition coefficient (Wildman–Crippen LogP) is 0.794. The summed E-state index contributed by atoms with van der Waals surface area (Å²) < 4.78 is 10.9. The molecule has 2 N–H and O–H groups in total. The highest BCUT2D eigenvalue weighted by Gasteiger charge is 2.43. The Morgan fingerprint density at radius 1 is 1.42 bits per heavy atom. The molecule has 6 nitrogen and oxygen atoms in total. The van der Waals surface area contributed by atoms with Gasteiger partial charge in [0.2, 0.25) is 0 Å². The van der Waals surface area contributed by atoms with Crippen LogP contribution in [-0.2, 0) is 15.6 Å². The molecule has 2 unspecified atom stereocenters. The number of nitrogens with zero attached hydrogens (tertiary/aromatic N) is 1. The van der Waals surface area contributed by atoms with Gasteiger partial charge in [0, 0.05) is 35.9 Å². The lowest BCUT2D eigenvalue weighted by atomic mass is 9.89. The lowest BCUT2D eigenvalue weighted by Crippen LogP contribution is -2.60. The van der Waals surface area contributed by atoms with Crippen molar-refractivity contribution in [3.63, 3.8) is 0 Å². The summed E-state index contributed by atoms with van der Waals surface area (Å²) >= 11 is 0. The highest BCUT2D eigenvalue weighted by atomic mass is 32.2. The standard InChI is InChI=1S/C12H22N2O4S/c1-12(10(15)16)6-3-4-8-14(12)11(17)13-7-5-9-19(2)18/h3-9H2,1-2H3,(H,13,17)(H,15,16). The number of hydrogen-bond acceptors (Lipinski definition) is 3. The molecule has 0 saturated carbocycles. The van der Waals surface area contributed by atoms with Gasteiger partial charge in [0.05, 0.1) is 0 Å². The average Bonchev–Trinajstić information content (AvgIpc) is 2.34. The maximum atomic E-state index is 12.0. The molecule has 1 rings (SSSR count). The summed E-state index contributed by atoms with van der Waals surface area (Å²) in [4.78, 5) is 24.8. The quantitative estimate of drug-likeness (QED) is 0.733. The number of carbonyl (C=O) groups excluding carboxylic acids is 1. The van der Waals surface area contributed by atoms with Crippen molar-refractivity contribution >= 4 is 22.8 Å². The van der Waals surface area contributed by atoms with Crippen molar-refractivity contribution in [2.45, 2.75) is 38.1 Å². The second kappa shape index (κ2) is 6.88. The topological polar surface area (TPSA) is 86.7 Å². The van der Waals surface area contributed by atoms with E-state index in [1.165, 1.54) is 4.90 Å². The molecule has 110 valence electrons. The molecule has 0 aromatic rings.